The van der Waals surface area contributed by atoms with E-state index in [2.05, 4.69) is 20.9 Å². The smallest absolute Gasteiger partial charge is 0.330 e. The van der Waals surface area contributed by atoms with Gasteiger partial charge in [-0.05, 0) is 34.5 Å². The summed E-state index contributed by atoms with van der Waals surface area (Å²) in [5, 5.41) is 0. The lowest BCUT2D eigenvalue weighted by atomic mass is 10.1. The molecule has 19 heavy (non-hydrogen) atoms. The summed E-state index contributed by atoms with van der Waals surface area (Å²) in [4.78, 5) is 16.9. The van der Waals surface area contributed by atoms with Crippen LogP contribution < -0.4 is 10.6 Å². The van der Waals surface area contributed by atoms with Crippen molar-refractivity contribution in [3.05, 3.63) is 22.3 Å². The van der Waals surface area contributed by atoms with Crippen molar-refractivity contribution in [2.45, 2.75) is 12.6 Å². The van der Waals surface area contributed by atoms with E-state index in [1.807, 2.05) is 0 Å². The Kier molecular flexibility index (Phi) is 3.82. The van der Waals surface area contributed by atoms with Crippen LogP contribution in [0.2, 0.25) is 0 Å². The Hall–Kier alpha value is -1.15. The minimum absolute atomic E-state index is 0.0171. The summed E-state index contributed by atoms with van der Waals surface area (Å²) in [5.74, 6) is 0.0425. The Morgan fingerprint density at radius 2 is 2.21 bits per heavy atom. The monoisotopic (exact) mass is 337 g/mol. The van der Waals surface area contributed by atoms with Gasteiger partial charge in [-0.15, -0.1) is 0 Å². The average Bonchev–Trinajstić information content (AvgIpc) is 2.69. The van der Waals surface area contributed by atoms with Crippen LogP contribution in [0.5, 0.6) is 0 Å². The van der Waals surface area contributed by atoms with Crippen molar-refractivity contribution < 1.29 is 18.0 Å². The van der Waals surface area contributed by atoms with Gasteiger partial charge in [0.2, 0.25) is 5.91 Å². The van der Waals surface area contributed by atoms with Crippen LogP contribution in [0.3, 0.4) is 0 Å². The first-order valence-electron chi connectivity index (χ1n) is 5.56. The van der Waals surface area contributed by atoms with Crippen molar-refractivity contribution in [3.8, 4) is 0 Å². The molecule has 104 valence electrons. The highest BCUT2D eigenvalue weighted by Gasteiger charge is 2.34. The van der Waals surface area contributed by atoms with E-state index in [9.17, 15) is 18.0 Å². The van der Waals surface area contributed by atoms with E-state index in [-0.39, 0.29) is 22.1 Å². The van der Waals surface area contributed by atoms with Crippen LogP contribution in [0.4, 0.5) is 19.0 Å². The van der Waals surface area contributed by atoms with Crippen LogP contribution in [0.1, 0.15) is 12.0 Å². The average molecular weight is 338 g/mol. The normalized spacial score (nSPS) is 20.2. The van der Waals surface area contributed by atoms with Gasteiger partial charge in [0.05, 0.1) is 10.0 Å². The zero-order valence-corrected chi connectivity index (χ0v) is 11.3. The highest BCUT2D eigenvalue weighted by molar-refractivity contribution is 9.10. The topological polar surface area (TPSA) is 59.2 Å². The molecule has 2 N–H and O–H groups in total. The molecule has 1 unspecified atom stereocenters. The lowest BCUT2D eigenvalue weighted by Crippen LogP contribution is -2.27. The first-order valence-corrected chi connectivity index (χ1v) is 6.35. The fourth-order valence-corrected chi connectivity index (χ4v) is 2.49. The Morgan fingerprint density at radius 1 is 1.53 bits per heavy atom. The van der Waals surface area contributed by atoms with Crippen molar-refractivity contribution in [3.63, 3.8) is 0 Å². The first-order chi connectivity index (χ1) is 8.82. The van der Waals surface area contributed by atoms with Gasteiger partial charge in [0.25, 0.3) is 0 Å². The molecule has 0 radical (unpaired) electrons. The minimum atomic E-state index is -4.46. The van der Waals surface area contributed by atoms with E-state index in [1.165, 1.54) is 4.90 Å². The van der Waals surface area contributed by atoms with Crippen molar-refractivity contribution in [1.82, 2.24) is 4.98 Å². The summed E-state index contributed by atoms with van der Waals surface area (Å²) in [7, 11) is 0. The molecule has 0 aromatic carbocycles. The number of aromatic nitrogens is 1. The van der Waals surface area contributed by atoms with Gasteiger partial charge in [-0.3, -0.25) is 9.69 Å². The molecule has 2 heterocycles. The van der Waals surface area contributed by atoms with Crippen molar-refractivity contribution in [2.24, 2.45) is 11.7 Å². The van der Waals surface area contributed by atoms with Gasteiger partial charge < -0.3 is 5.73 Å². The number of pyridine rings is 1. The van der Waals surface area contributed by atoms with Gasteiger partial charge in [-0.2, -0.15) is 13.2 Å². The van der Waals surface area contributed by atoms with Crippen molar-refractivity contribution >= 4 is 27.7 Å². The molecule has 0 aliphatic carbocycles. The second kappa shape index (κ2) is 5.09. The van der Waals surface area contributed by atoms with E-state index in [0.717, 1.165) is 12.3 Å². The van der Waals surface area contributed by atoms with E-state index in [1.54, 1.807) is 0 Å². The number of nitrogens with zero attached hydrogens (tertiary/aromatic N) is 2. The van der Waals surface area contributed by atoms with Gasteiger partial charge in [0.15, 0.2) is 0 Å². The second-order valence-corrected chi connectivity index (χ2v) is 5.19. The molecule has 1 amide bonds. The van der Waals surface area contributed by atoms with E-state index in [4.69, 9.17) is 5.73 Å². The molecular formula is C11H11BrF3N3O. The molecule has 2 rings (SSSR count). The summed E-state index contributed by atoms with van der Waals surface area (Å²) < 4.78 is 37.7. The molecule has 1 saturated heterocycles. The summed E-state index contributed by atoms with van der Waals surface area (Å²) in [6.45, 7) is 0.743. The zero-order valence-electron chi connectivity index (χ0n) is 9.75. The standard InChI is InChI=1S/C11H11BrF3N3O/c12-8-2-7(11(13,14)15)4-17-10(8)18-5-6(3-16)1-9(18)19/h2,4,6H,1,3,5,16H2. The lowest BCUT2D eigenvalue weighted by molar-refractivity contribution is -0.137. The maximum Gasteiger partial charge on any atom is 0.417 e. The van der Waals surface area contributed by atoms with Gasteiger partial charge in [-0.25, -0.2) is 4.98 Å². The predicted octanol–water partition coefficient (Wildman–Crippen LogP) is 2.17. The maximum atomic E-state index is 12.5. The second-order valence-electron chi connectivity index (χ2n) is 4.34. The number of hydrogen-bond donors (Lipinski definition) is 1. The van der Waals surface area contributed by atoms with Crippen LogP contribution in [0.25, 0.3) is 0 Å². The number of rotatable bonds is 2. The predicted molar refractivity (Wildman–Crippen MR) is 66.5 cm³/mol. The molecule has 1 atom stereocenters. The zero-order chi connectivity index (χ0) is 14.2. The molecular weight excluding hydrogens is 327 g/mol. The van der Waals surface area contributed by atoms with Gasteiger partial charge >= 0.3 is 6.18 Å². The fourth-order valence-electron chi connectivity index (χ4n) is 1.93. The van der Waals surface area contributed by atoms with Crippen LogP contribution >= 0.6 is 15.9 Å². The molecule has 8 heteroatoms. The van der Waals surface area contributed by atoms with Crippen LogP contribution in [-0.4, -0.2) is 24.0 Å². The van der Waals surface area contributed by atoms with Gasteiger partial charge in [-0.1, -0.05) is 0 Å². The summed E-state index contributed by atoms with van der Waals surface area (Å²) in [5.41, 5.74) is 4.64. The Bertz CT molecular complexity index is 506. The van der Waals surface area contributed by atoms with Gasteiger partial charge in [0, 0.05) is 19.2 Å². The van der Waals surface area contributed by atoms with E-state index in [0.29, 0.717) is 19.5 Å². The summed E-state index contributed by atoms with van der Waals surface area (Å²) in [6.07, 6.45) is -3.43. The van der Waals surface area contributed by atoms with Crippen molar-refractivity contribution in [1.29, 1.82) is 0 Å². The molecule has 4 nitrogen and oxygen atoms in total. The molecule has 0 bridgehead atoms. The first kappa shape index (κ1) is 14.3. The lowest BCUT2D eigenvalue weighted by Gasteiger charge is -2.18. The number of hydrogen-bond acceptors (Lipinski definition) is 3. The molecule has 1 aliphatic heterocycles. The number of halogens is 4. The third-order valence-electron chi connectivity index (χ3n) is 2.94. The van der Waals surface area contributed by atoms with E-state index >= 15 is 0 Å². The molecule has 1 fully saturated rings. The molecule has 0 spiro atoms. The Morgan fingerprint density at radius 3 is 2.68 bits per heavy atom. The number of amides is 1. The van der Waals surface area contributed by atoms with Crippen LogP contribution in [0, 0.1) is 5.92 Å². The Balaban J connectivity index is 2.30. The number of alkyl halides is 3. The SMILES string of the molecule is NCC1CC(=O)N(c2ncc(C(F)(F)F)cc2Br)C1. The van der Waals surface area contributed by atoms with Crippen LogP contribution in [-0.2, 0) is 11.0 Å². The largest absolute Gasteiger partial charge is 0.417 e. The number of carbonyl (C=O) groups is 1. The fraction of sp³-hybridized carbons (Fsp3) is 0.455. The highest BCUT2D eigenvalue weighted by atomic mass is 79.9. The summed E-state index contributed by atoms with van der Waals surface area (Å²) in [6, 6.07) is 0.922. The molecule has 1 aliphatic rings. The minimum Gasteiger partial charge on any atom is -0.330 e. The third-order valence-corrected chi connectivity index (χ3v) is 3.53. The van der Waals surface area contributed by atoms with Gasteiger partial charge in [0.1, 0.15) is 5.82 Å². The highest BCUT2D eigenvalue weighted by Crippen LogP contribution is 2.35. The Labute approximate surface area is 115 Å². The quantitative estimate of drug-likeness (QED) is 0.899. The molecule has 0 saturated carbocycles. The molecule has 1 aromatic heterocycles. The van der Waals surface area contributed by atoms with Crippen molar-refractivity contribution in [2.75, 3.05) is 18.0 Å². The summed E-state index contributed by atoms with van der Waals surface area (Å²) >= 11 is 3.03. The number of carbonyl (C=O) groups excluding carboxylic acids is 1. The van der Waals surface area contributed by atoms with E-state index < -0.39 is 11.7 Å². The maximum absolute atomic E-state index is 12.5. The number of anilines is 1. The van der Waals surface area contributed by atoms with Crippen LogP contribution in [0.15, 0.2) is 16.7 Å². The third kappa shape index (κ3) is 2.89. The number of nitrogens with two attached hydrogens (primary N) is 1. The molecule has 1 aromatic rings.